The number of para-hydroxylation sites is 1. The van der Waals surface area contributed by atoms with E-state index in [9.17, 15) is 0 Å². The number of rotatable bonds is 3. The number of aromatic nitrogens is 4. The number of anilines is 1. The Morgan fingerprint density at radius 3 is 3.00 bits per heavy atom. The summed E-state index contributed by atoms with van der Waals surface area (Å²) in [5.74, 6) is 3.31. The van der Waals surface area contributed by atoms with E-state index < -0.39 is 0 Å². The lowest BCUT2D eigenvalue weighted by molar-refractivity contribution is 0.406. The molecule has 1 aromatic carbocycles. The van der Waals surface area contributed by atoms with Crippen molar-refractivity contribution in [1.82, 2.24) is 19.6 Å². The van der Waals surface area contributed by atoms with E-state index in [4.69, 9.17) is 9.72 Å². The van der Waals surface area contributed by atoms with Gasteiger partial charge in [-0.15, -0.1) is 10.2 Å². The Bertz CT molecular complexity index is 844. The summed E-state index contributed by atoms with van der Waals surface area (Å²) in [7, 11) is 1.73. The SMILES string of the molecule is COc1ccccc1C1CCN(c2cc3nncn3c(C)n2)C1. The fourth-order valence-corrected chi connectivity index (χ4v) is 3.35. The summed E-state index contributed by atoms with van der Waals surface area (Å²) in [5, 5.41) is 8.10. The van der Waals surface area contributed by atoms with Crippen LogP contribution >= 0.6 is 0 Å². The minimum Gasteiger partial charge on any atom is -0.496 e. The van der Waals surface area contributed by atoms with E-state index in [1.54, 1.807) is 13.4 Å². The van der Waals surface area contributed by atoms with Crippen LogP contribution in [0.5, 0.6) is 5.75 Å². The molecule has 0 radical (unpaired) electrons. The van der Waals surface area contributed by atoms with Crippen molar-refractivity contribution in [3.8, 4) is 5.75 Å². The minimum atomic E-state index is 0.461. The molecule has 1 saturated heterocycles. The van der Waals surface area contributed by atoms with Crippen LogP contribution in [0.3, 0.4) is 0 Å². The molecule has 0 saturated carbocycles. The third-order valence-electron chi connectivity index (χ3n) is 4.55. The molecule has 6 heteroatoms. The largest absolute Gasteiger partial charge is 0.496 e. The zero-order valence-electron chi connectivity index (χ0n) is 13.3. The highest BCUT2D eigenvalue weighted by Gasteiger charge is 2.27. The maximum atomic E-state index is 5.51. The fourth-order valence-electron chi connectivity index (χ4n) is 3.35. The minimum absolute atomic E-state index is 0.461. The van der Waals surface area contributed by atoms with Crippen LogP contribution in [0.1, 0.15) is 23.7 Å². The van der Waals surface area contributed by atoms with Gasteiger partial charge in [0.25, 0.3) is 0 Å². The Balaban J connectivity index is 1.62. The summed E-state index contributed by atoms with van der Waals surface area (Å²) in [6, 6.07) is 10.3. The smallest absolute Gasteiger partial charge is 0.165 e. The molecule has 0 amide bonds. The Hall–Kier alpha value is -2.63. The second-order valence-electron chi connectivity index (χ2n) is 5.89. The highest BCUT2D eigenvalue weighted by Crippen LogP contribution is 2.35. The van der Waals surface area contributed by atoms with E-state index >= 15 is 0 Å². The summed E-state index contributed by atoms with van der Waals surface area (Å²) in [6.07, 6.45) is 2.79. The molecule has 6 nitrogen and oxygen atoms in total. The topological polar surface area (TPSA) is 55.5 Å². The van der Waals surface area contributed by atoms with Crippen LogP contribution in [0.4, 0.5) is 5.82 Å². The van der Waals surface area contributed by atoms with Crippen molar-refractivity contribution in [3.05, 3.63) is 48.0 Å². The first-order chi connectivity index (χ1) is 11.3. The number of methoxy groups -OCH3 is 1. The second-order valence-corrected chi connectivity index (χ2v) is 5.89. The molecule has 2 aromatic heterocycles. The fraction of sp³-hybridized carbons (Fsp3) is 0.353. The van der Waals surface area contributed by atoms with E-state index in [0.717, 1.165) is 42.5 Å². The normalized spacial score (nSPS) is 17.8. The average Bonchev–Trinajstić information content (AvgIpc) is 3.24. The third-order valence-corrected chi connectivity index (χ3v) is 4.55. The predicted octanol–water partition coefficient (Wildman–Crippen LogP) is 2.44. The van der Waals surface area contributed by atoms with Gasteiger partial charge in [-0.25, -0.2) is 4.98 Å². The first-order valence-corrected chi connectivity index (χ1v) is 7.81. The molecule has 4 rings (SSSR count). The monoisotopic (exact) mass is 309 g/mol. The summed E-state index contributed by atoms with van der Waals surface area (Å²) in [4.78, 5) is 7.02. The number of benzene rings is 1. The Kier molecular flexibility index (Phi) is 3.37. The lowest BCUT2D eigenvalue weighted by Crippen LogP contribution is -2.21. The molecule has 118 valence electrons. The standard InChI is InChI=1S/C17H19N5O/c1-12-19-16(9-17-20-18-11-22(12)17)21-8-7-13(10-21)14-5-3-4-6-15(14)23-2/h3-6,9,11,13H,7-8,10H2,1-2H3. The van der Waals surface area contributed by atoms with E-state index in [1.165, 1.54) is 5.56 Å². The van der Waals surface area contributed by atoms with Crippen LogP contribution in [0.25, 0.3) is 5.65 Å². The quantitative estimate of drug-likeness (QED) is 0.744. The van der Waals surface area contributed by atoms with Crippen molar-refractivity contribution >= 4 is 11.5 Å². The maximum absolute atomic E-state index is 5.51. The van der Waals surface area contributed by atoms with Crippen LogP contribution < -0.4 is 9.64 Å². The number of fused-ring (bicyclic) bond motifs is 1. The van der Waals surface area contributed by atoms with Crippen LogP contribution in [-0.4, -0.2) is 39.8 Å². The molecule has 23 heavy (non-hydrogen) atoms. The van der Waals surface area contributed by atoms with Crippen LogP contribution in [-0.2, 0) is 0 Å². The van der Waals surface area contributed by atoms with Crippen molar-refractivity contribution in [2.45, 2.75) is 19.3 Å². The summed E-state index contributed by atoms with van der Waals surface area (Å²) in [5.41, 5.74) is 2.12. The van der Waals surface area contributed by atoms with Crippen molar-refractivity contribution in [2.75, 3.05) is 25.1 Å². The van der Waals surface area contributed by atoms with E-state index in [0.29, 0.717) is 5.92 Å². The maximum Gasteiger partial charge on any atom is 0.165 e. The molecule has 1 aliphatic rings. The van der Waals surface area contributed by atoms with Crippen molar-refractivity contribution < 1.29 is 4.74 Å². The Labute approximate surface area is 134 Å². The number of nitrogens with zero attached hydrogens (tertiary/aromatic N) is 5. The summed E-state index contributed by atoms with van der Waals surface area (Å²) < 4.78 is 7.41. The van der Waals surface area contributed by atoms with Gasteiger partial charge in [0.05, 0.1) is 7.11 Å². The zero-order valence-corrected chi connectivity index (χ0v) is 13.3. The molecular formula is C17H19N5O. The lowest BCUT2D eigenvalue weighted by atomic mass is 9.97. The lowest BCUT2D eigenvalue weighted by Gasteiger charge is -2.19. The number of hydrogen-bond acceptors (Lipinski definition) is 5. The third kappa shape index (κ3) is 2.40. The first kappa shape index (κ1) is 14.0. The highest BCUT2D eigenvalue weighted by molar-refractivity contribution is 5.53. The molecule has 0 N–H and O–H groups in total. The molecule has 1 aliphatic heterocycles. The van der Waals surface area contributed by atoms with Gasteiger partial charge in [-0.3, -0.25) is 4.40 Å². The molecule has 3 heterocycles. The van der Waals surface area contributed by atoms with Gasteiger partial charge >= 0.3 is 0 Å². The van der Waals surface area contributed by atoms with Crippen molar-refractivity contribution in [2.24, 2.45) is 0 Å². The second kappa shape index (κ2) is 5.53. The molecule has 1 unspecified atom stereocenters. The van der Waals surface area contributed by atoms with Gasteiger partial charge in [-0.2, -0.15) is 0 Å². The van der Waals surface area contributed by atoms with Gasteiger partial charge in [0, 0.05) is 25.1 Å². The number of ether oxygens (including phenoxy) is 1. The molecule has 1 fully saturated rings. The van der Waals surface area contributed by atoms with Crippen molar-refractivity contribution in [3.63, 3.8) is 0 Å². The highest BCUT2D eigenvalue weighted by atomic mass is 16.5. The van der Waals surface area contributed by atoms with Gasteiger partial charge in [0.1, 0.15) is 23.7 Å². The van der Waals surface area contributed by atoms with Gasteiger partial charge in [-0.1, -0.05) is 18.2 Å². The van der Waals surface area contributed by atoms with Gasteiger partial charge < -0.3 is 9.64 Å². The first-order valence-electron chi connectivity index (χ1n) is 7.81. The molecule has 0 spiro atoms. The summed E-state index contributed by atoms with van der Waals surface area (Å²) in [6.45, 7) is 3.91. The summed E-state index contributed by atoms with van der Waals surface area (Å²) >= 11 is 0. The molecular weight excluding hydrogens is 290 g/mol. The van der Waals surface area contributed by atoms with Gasteiger partial charge in [0.2, 0.25) is 0 Å². The van der Waals surface area contributed by atoms with E-state index in [2.05, 4.69) is 27.2 Å². The van der Waals surface area contributed by atoms with Gasteiger partial charge in [0.15, 0.2) is 5.65 Å². The Morgan fingerprint density at radius 2 is 2.13 bits per heavy atom. The molecule has 1 atom stereocenters. The predicted molar refractivity (Wildman–Crippen MR) is 88.1 cm³/mol. The van der Waals surface area contributed by atoms with E-state index in [-0.39, 0.29) is 0 Å². The van der Waals surface area contributed by atoms with Crippen LogP contribution in [0, 0.1) is 6.92 Å². The van der Waals surface area contributed by atoms with E-state index in [1.807, 2.05) is 29.5 Å². The van der Waals surface area contributed by atoms with Crippen LogP contribution in [0.15, 0.2) is 36.7 Å². The molecule has 3 aromatic rings. The zero-order chi connectivity index (χ0) is 15.8. The van der Waals surface area contributed by atoms with Gasteiger partial charge in [-0.05, 0) is 25.0 Å². The number of aryl methyl sites for hydroxylation is 1. The number of hydrogen-bond donors (Lipinski definition) is 0. The molecule has 0 aliphatic carbocycles. The average molecular weight is 309 g/mol. The van der Waals surface area contributed by atoms with Crippen molar-refractivity contribution in [1.29, 1.82) is 0 Å². The Morgan fingerprint density at radius 1 is 1.26 bits per heavy atom. The molecule has 0 bridgehead atoms. The van der Waals surface area contributed by atoms with Crippen LogP contribution in [0.2, 0.25) is 0 Å².